The van der Waals surface area contributed by atoms with Gasteiger partial charge in [-0.15, -0.1) is 0 Å². The van der Waals surface area contributed by atoms with E-state index in [2.05, 4.69) is 15.3 Å². The van der Waals surface area contributed by atoms with Crippen molar-refractivity contribution in [2.45, 2.75) is 32.4 Å². The highest BCUT2D eigenvalue weighted by molar-refractivity contribution is 7.91. The van der Waals surface area contributed by atoms with Crippen LogP contribution in [0.2, 0.25) is 0 Å². The molecule has 2 atom stereocenters. The Bertz CT molecular complexity index is 946. The lowest BCUT2D eigenvalue weighted by atomic mass is 10.1. The smallest absolute Gasteiger partial charge is 0.323 e. The fraction of sp³-hybridized carbons (Fsp3) is 0.500. The van der Waals surface area contributed by atoms with Gasteiger partial charge in [-0.05, 0) is 38.5 Å². The van der Waals surface area contributed by atoms with Crippen LogP contribution in [0.1, 0.15) is 20.3 Å². The first-order valence-electron chi connectivity index (χ1n) is 8.28. The minimum Gasteiger partial charge on any atom is -0.374 e. The fourth-order valence-corrected chi connectivity index (χ4v) is 5.03. The molecule has 1 aromatic carbocycles. The molecule has 1 aliphatic rings. The molecule has 0 radical (unpaired) electrons. The second-order valence-corrected chi connectivity index (χ2v) is 8.62. The highest BCUT2D eigenvalue weighted by Crippen LogP contribution is 2.20. The third-order valence-corrected chi connectivity index (χ3v) is 6.29. The van der Waals surface area contributed by atoms with Gasteiger partial charge in [0.25, 0.3) is 0 Å². The predicted molar refractivity (Wildman–Crippen MR) is 96.4 cm³/mol. The maximum absolute atomic E-state index is 12.7. The summed E-state index contributed by atoms with van der Waals surface area (Å²) in [5.74, 6) is 0.0450. The van der Waals surface area contributed by atoms with E-state index in [1.807, 2.05) is 6.92 Å². The number of carbonyl (C=O) groups excluding carboxylic acids is 1. The molecule has 3 N–H and O–H groups in total. The van der Waals surface area contributed by atoms with E-state index in [9.17, 15) is 18.0 Å². The first kappa shape index (κ1) is 17.5. The number of carbonyl (C=O) groups is 1. The second-order valence-electron chi connectivity index (χ2n) is 6.39. The fourth-order valence-electron chi connectivity index (χ4n) is 3.30. The first-order valence-corrected chi connectivity index (χ1v) is 10.1. The minimum atomic E-state index is -3.04. The van der Waals surface area contributed by atoms with Crippen molar-refractivity contribution in [3.8, 4) is 0 Å². The molecular formula is C16H22N4O4S. The molecule has 1 fully saturated rings. The number of nitrogens with zero attached hydrogens (tertiary/aromatic N) is 1. The van der Waals surface area contributed by atoms with E-state index in [1.165, 1.54) is 0 Å². The number of H-pyrrole nitrogens is 2. The Morgan fingerprint density at radius 3 is 2.72 bits per heavy atom. The van der Waals surface area contributed by atoms with Crippen LogP contribution in [0.25, 0.3) is 11.0 Å². The summed E-state index contributed by atoms with van der Waals surface area (Å²) >= 11 is 0. The van der Waals surface area contributed by atoms with Crippen LogP contribution >= 0.6 is 0 Å². The molecule has 1 aromatic heterocycles. The zero-order valence-corrected chi connectivity index (χ0v) is 15.0. The van der Waals surface area contributed by atoms with Crippen LogP contribution in [0, 0.1) is 0 Å². The maximum Gasteiger partial charge on any atom is 0.323 e. The number of amides is 1. The summed E-state index contributed by atoms with van der Waals surface area (Å²) in [6.07, 6.45) is 0.491. The third-order valence-electron chi connectivity index (χ3n) is 4.54. The van der Waals surface area contributed by atoms with Gasteiger partial charge in [-0.25, -0.2) is 13.2 Å². The van der Waals surface area contributed by atoms with E-state index >= 15 is 0 Å². The van der Waals surface area contributed by atoms with Crippen LogP contribution in [-0.2, 0) is 14.6 Å². The summed E-state index contributed by atoms with van der Waals surface area (Å²) in [7, 11) is -3.04. The van der Waals surface area contributed by atoms with Gasteiger partial charge in [0.1, 0.15) is 6.04 Å². The van der Waals surface area contributed by atoms with Crippen molar-refractivity contribution in [1.29, 1.82) is 0 Å². The lowest BCUT2D eigenvalue weighted by Crippen LogP contribution is -2.47. The van der Waals surface area contributed by atoms with Gasteiger partial charge in [0.05, 0.1) is 22.5 Å². The molecule has 9 heteroatoms. The number of likely N-dealkylation sites (N-methyl/N-ethyl adjacent to an activating group) is 1. The lowest BCUT2D eigenvalue weighted by molar-refractivity contribution is -0.133. The van der Waals surface area contributed by atoms with Crippen LogP contribution in [-0.4, -0.2) is 59.3 Å². The van der Waals surface area contributed by atoms with Gasteiger partial charge in [-0.3, -0.25) is 4.79 Å². The average Bonchev–Trinajstić information content (AvgIpc) is 3.08. The van der Waals surface area contributed by atoms with Crippen molar-refractivity contribution >= 4 is 32.5 Å². The van der Waals surface area contributed by atoms with Gasteiger partial charge in [0.15, 0.2) is 9.84 Å². The van der Waals surface area contributed by atoms with Crippen molar-refractivity contribution in [3.63, 3.8) is 0 Å². The Balaban J connectivity index is 1.72. The van der Waals surface area contributed by atoms with E-state index in [-0.39, 0.29) is 29.1 Å². The van der Waals surface area contributed by atoms with Crippen molar-refractivity contribution in [2.24, 2.45) is 0 Å². The van der Waals surface area contributed by atoms with E-state index in [1.54, 1.807) is 30.0 Å². The van der Waals surface area contributed by atoms with Crippen LogP contribution in [0.4, 0.5) is 5.69 Å². The third kappa shape index (κ3) is 3.71. The molecule has 0 aliphatic carbocycles. The number of aromatic nitrogens is 2. The van der Waals surface area contributed by atoms with E-state index in [0.717, 1.165) is 0 Å². The highest BCUT2D eigenvalue weighted by atomic mass is 32.2. The number of anilines is 1. The van der Waals surface area contributed by atoms with E-state index in [0.29, 0.717) is 29.7 Å². The number of nitrogens with one attached hydrogen (secondary N) is 3. The maximum atomic E-state index is 12.7. The number of hydrogen-bond donors (Lipinski definition) is 3. The van der Waals surface area contributed by atoms with Gasteiger partial charge >= 0.3 is 5.69 Å². The highest BCUT2D eigenvalue weighted by Gasteiger charge is 2.35. The Labute approximate surface area is 145 Å². The number of sulfone groups is 1. The number of rotatable bonds is 5. The zero-order chi connectivity index (χ0) is 18.2. The summed E-state index contributed by atoms with van der Waals surface area (Å²) < 4.78 is 23.4. The number of imidazole rings is 1. The Morgan fingerprint density at radius 1 is 1.36 bits per heavy atom. The molecule has 0 saturated carbocycles. The lowest BCUT2D eigenvalue weighted by Gasteiger charge is -2.30. The standard InChI is InChI=1S/C16H22N4O4S/c1-3-20(12-6-7-25(23,24)9-12)15(21)10(2)17-11-4-5-13-14(8-11)19-16(22)18-13/h4-5,8,10,12,17H,3,6-7,9H2,1-2H3,(H2,18,19,22). The number of hydrogen-bond acceptors (Lipinski definition) is 5. The van der Waals surface area contributed by atoms with Gasteiger partial charge in [-0.2, -0.15) is 0 Å². The van der Waals surface area contributed by atoms with E-state index < -0.39 is 15.9 Å². The average molecular weight is 366 g/mol. The van der Waals surface area contributed by atoms with Crippen molar-refractivity contribution in [3.05, 3.63) is 28.7 Å². The molecule has 2 unspecified atom stereocenters. The molecule has 1 amide bonds. The first-order chi connectivity index (χ1) is 11.8. The SMILES string of the molecule is CCN(C(=O)C(C)Nc1ccc2[nH]c(=O)[nH]c2c1)C1CCS(=O)(=O)C1. The normalized spacial score (nSPS) is 20.5. The summed E-state index contributed by atoms with van der Waals surface area (Å²) in [5.41, 5.74) is 1.78. The van der Waals surface area contributed by atoms with Crippen LogP contribution in [0.3, 0.4) is 0 Å². The topological polar surface area (TPSA) is 115 Å². The van der Waals surface area contributed by atoms with Gasteiger partial charge < -0.3 is 20.2 Å². The zero-order valence-electron chi connectivity index (χ0n) is 14.2. The summed E-state index contributed by atoms with van der Waals surface area (Å²) in [6, 6.07) is 4.54. The van der Waals surface area contributed by atoms with Crippen LogP contribution in [0.5, 0.6) is 0 Å². The molecular weight excluding hydrogens is 344 g/mol. The van der Waals surface area contributed by atoms with Crippen molar-refractivity contribution in [1.82, 2.24) is 14.9 Å². The number of aromatic amines is 2. The molecule has 3 rings (SSSR count). The molecule has 0 bridgehead atoms. The van der Waals surface area contributed by atoms with Crippen molar-refractivity contribution < 1.29 is 13.2 Å². The van der Waals surface area contributed by atoms with E-state index in [4.69, 9.17) is 0 Å². The predicted octanol–water partition coefficient (Wildman–Crippen LogP) is 0.692. The van der Waals surface area contributed by atoms with Crippen LogP contribution in [0.15, 0.2) is 23.0 Å². The monoisotopic (exact) mass is 366 g/mol. The number of fused-ring (bicyclic) bond motifs is 1. The molecule has 136 valence electrons. The van der Waals surface area contributed by atoms with Crippen LogP contribution < -0.4 is 11.0 Å². The Kier molecular flexibility index (Phi) is 4.59. The number of benzene rings is 1. The minimum absolute atomic E-state index is 0.0375. The molecule has 25 heavy (non-hydrogen) atoms. The van der Waals surface area contributed by atoms with Gasteiger partial charge in [0, 0.05) is 18.3 Å². The quantitative estimate of drug-likeness (QED) is 0.720. The summed E-state index contributed by atoms with van der Waals surface area (Å²) in [4.78, 5) is 31.0. The summed E-state index contributed by atoms with van der Waals surface area (Å²) in [6.45, 7) is 4.07. The van der Waals surface area contributed by atoms with Gasteiger partial charge in [0.2, 0.25) is 5.91 Å². The Hall–Kier alpha value is -2.29. The summed E-state index contributed by atoms with van der Waals surface area (Å²) in [5, 5.41) is 3.13. The molecule has 2 aromatic rings. The molecule has 2 heterocycles. The van der Waals surface area contributed by atoms with Gasteiger partial charge in [-0.1, -0.05) is 0 Å². The molecule has 0 spiro atoms. The molecule has 1 saturated heterocycles. The largest absolute Gasteiger partial charge is 0.374 e. The molecule has 1 aliphatic heterocycles. The Morgan fingerprint density at radius 2 is 2.08 bits per heavy atom. The molecule has 8 nitrogen and oxygen atoms in total. The second kappa shape index (κ2) is 6.55. The van der Waals surface area contributed by atoms with Crippen molar-refractivity contribution in [2.75, 3.05) is 23.4 Å².